The van der Waals surface area contributed by atoms with Gasteiger partial charge in [-0.15, -0.1) is 0 Å². The number of pyridine rings is 1. The molecule has 0 aliphatic carbocycles. The second-order valence-corrected chi connectivity index (χ2v) is 6.90. The number of benzene rings is 2. The van der Waals surface area contributed by atoms with E-state index < -0.39 is 0 Å². The first-order valence-corrected chi connectivity index (χ1v) is 8.87. The summed E-state index contributed by atoms with van der Waals surface area (Å²) in [5, 5.41) is 5.53. The minimum atomic E-state index is -0.153. The van der Waals surface area contributed by atoms with Crippen molar-refractivity contribution in [3.05, 3.63) is 65.3 Å². The number of amides is 1. The van der Waals surface area contributed by atoms with Crippen LogP contribution in [0, 0.1) is 5.92 Å². The van der Waals surface area contributed by atoms with Crippen molar-refractivity contribution < 1.29 is 4.79 Å². The number of carbonyl (C=O) groups excluding carboxylic acids is 1. The molecule has 0 aliphatic heterocycles. The summed E-state index contributed by atoms with van der Waals surface area (Å²) in [5.41, 5.74) is 1.98. The van der Waals surface area contributed by atoms with Crippen LogP contribution in [-0.4, -0.2) is 17.4 Å². The van der Waals surface area contributed by atoms with Crippen molar-refractivity contribution in [2.45, 2.75) is 27.7 Å². The summed E-state index contributed by atoms with van der Waals surface area (Å²) in [6, 6.07) is 17.3. The van der Waals surface area contributed by atoms with E-state index in [-0.39, 0.29) is 13.3 Å². The minimum absolute atomic E-state index is 0. The number of hydrogen-bond acceptors (Lipinski definition) is 2. The molecule has 0 atom stereocenters. The Morgan fingerprint density at radius 3 is 2.54 bits per heavy atom. The van der Waals surface area contributed by atoms with Crippen molar-refractivity contribution in [3.8, 4) is 11.3 Å². The number of rotatable bonds is 5. The van der Waals surface area contributed by atoms with Crippen LogP contribution in [0.3, 0.4) is 0 Å². The molecule has 0 saturated heterocycles. The monoisotopic (exact) mass is 368 g/mol. The van der Waals surface area contributed by atoms with Crippen molar-refractivity contribution in [1.82, 2.24) is 10.3 Å². The van der Waals surface area contributed by atoms with E-state index in [9.17, 15) is 4.79 Å². The Hall–Kier alpha value is -2.39. The van der Waals surface area contributed by atoms with E-state index in [1.807, 2.05) is 54.6 Å². The van der Waals surface area contributed by atoms with Crippen molar-refractivity contribution >= 4 is 28.3 Å². The van der Waals surface area contributed by atoms with Gasteiger partial charge in [0.2, 0.25) is 0 Å². The molecule has 3 rings (SSSR count). The van der Waals surface area contributed by atoms with Crippen LogP contribution >= 0.6 is 11.6 Å². The molecule has 3 aromatic rings. The molecule has 0 spiro atoms. The molecule has 136 valence electrons. The van der Waals surface area contributed by atoms with Crippen LogP contribution in [0.1, 0.15) is 38.2 Å². The van der Waals surface area contributed by atoms with Gasteiger partial charge in [-0.25, -0.2) is 4.98 Å². The number of fused-ring (bicyclic) bond motifs is 1. The van der Waals surface area contributed by atoms with Crippen molar-refractivity contribution in [2.24, 2.45) is 5.92 Å². The van der Waals surface area contributed by atoms with Gasteiger partial charge in [-0.1, -0.05) is 75.3 Å². The average molecular weight is 369 g/mol. The number of nitrogens with one attached hydrogen (secondary N) is 1. The molecule has 1 heterocycles. The summed E-state index contributed by atoms with van der Waals surface area (Å²) in [6.45, 7) is 4.91. The number of halogens is 1. The van der Waals surface area contributed by atoms with E-state index in [1.165, 1.54) is 0 Å². The molecular formula is C22H25ClN2O. The van der Waals surface area contributed by atoms with Gasteiger partial charge in [-0.3, -0.25) is 4.79 Å². The van der Waals surface area contributed by atoms with Gasteiger partial charge in [0.05, 0.1) is 5.69 Å². The summed E-state index contributed by atoms with van der Waals surface area (Å²) in [7, 11) is 0. The van der Waals surface area contributed by atoms with Crippen LogP contribution < -0.4 is 5.32 Å². The second-order valence-electron chi connectivity index (χ2n) is 6.50. The molecule has 0 unspecified atom stereocenters. The Balaban J connectivity index is 0.00000243. The SMILES string of the molecule is C.CC(C)CCNC(=O)c1cc2ccccc2c(-c2ccccc2Cl)n1. The second kappa shape index (κ2) is 8.81. The Bertz CT molecular complexity index is 906. The van der Waals surface area contributed by atoms with Crippen molar-refractivity contribution in [1.29, 1.82) is 0 Å². The summed E-state index contributed by atoms with van der Waals surface area (Å²) in [5.74, 6) is 0.392. The highest BCUT2D eigenvalue weighted by atomic mass is 35.5. The molecule has 0 aliphatic rings. The highest BCUT2D eigenvalue weighted by molar-refractivity contribution is 6.33. The molecule has 0 bridgehead atoms. The van der Waals surface area contributed by atoms with Crippen LogP contribution in [-0.2, 0) is 0 Å². The third-order valence-corrected chi connectivity index (χ3v) is 4.44. The van der Waals surface area contributed by atoms with Crippen LogP contribution in [0.25, 0.3) is 22.0 Å². The first-order chi connectivity index (χ1) is 12.1. The van der Waals surface area contributed by atoms with Gasteiger partial charge < -0.3 is 5.32 Å². The molecule has 0 fully saturated rings. The van der Waals surface area contributed by atoms with Crippen LogP contribution in [0.4, 0.5) is 0 Å². The maximum absolute atomic E-state index is 12.5. The maximum Gasteiger partial charge on any atom is 0.269 e. The van der Waals surface area contributed by atoms with E-state index in [0.29, 0.717) is 23.2 Å². The fourth-order valence-electron chi connectivity index (χ4n) is 2.74. The Labute approximate surface area is 160 Å². The van der Waals surface area contributed by atoms with Crippen LogP contribution in [0.2, 0.25) is 5.02 Å². The normalized spacial score (nSPS) is 10.6. The fourth-order valence-corrected chi connectivity index (χ4v) is 2.96. The lowest BCUT2D eigenvalue weighted by Crippen LogP contribution is -2.26. The minimum Gasteiger partial charge on any atom is -0.351 e. The fraction of sp³-hybridized carbons (Fsp3) is 0.273. The lowest BCUT2D eigenvalue weighted by molar-refractivity contribution is 0.0947. The molecule has 2 aromatic carbocycles. The summed E-state index contributed by atoms with van der Waals surface area (Å²) in [6.07, 6.45) is 0.941. The third kappa shape index (κ3) is 4.41. The van der Waals surface area contributed by atoms with E-state index in [4.69, 9.17) is 11.6 Å². The van der Waals surface area contributed by atoms with Crippen LogP contribution in [0.5, 0.6) is 0 Å². The largest absolute Gasteiger partial charge is 0.351 e. The lowest BCUT2D eigenvalue weighted by atomic mass is 10.0. The van der Waals surface area contributed by atoms with Gasteiger partial charge in [0, 0.05) is 22.5 Å². The predicted molar refractivity (Wildman–Crippen MR) is 111 cm³/mol. The Morgan fingerprint density at radius 1 is 1.12 bits per heavy atom. The highest BCUT2D eigenvalue weighted by Crippen LogP contribution is 2.32. The number of nitrogens with zero attached hydrogens (tertiary/aromatic N) is 1. The van der Waals surface area contributed by atoms with Crippen LogP contribution in [0.15, 0.2) is 54.6 Å². The first kappa shape index (κ1) is 19.9. The molecule has 1 aromatic heterocycles. The van der Waals surface area contributed by atoms with Crippen molar-refractivity contribution in [2.75, 3.05) is 6.54 Å². The highest BCUT2D eigenvalue weighted by Gasteiger charge is 2.14. The Kier molecular flexibility index (Phi) is 6.76. The average Bonchev–Trinajstić information content (AvgIpc) is 2.61. The van der Waals surface area contributed by atoms with Gasteiger partial charge in [-0.05, 0) is 29.9 Å². The first-order valence-electron chi connectivity index (χ1n) is 8.49. The number of carbonyl (C=O) groups is 1. The smallest absolute Gasteiger partial charge is 0.269 e. The van der Waals surface area contributed by atoms with Gasteiger partial charge in [0.25, 0.3) is 5.91 Å². The topological polar surface area (TPSA) is 42.0 Å². The number of hydrogen-bond donors (Lipinski definition) is 1. The molecule has 1 N–H and O–H groups in total. The molecular weight excluding hydrogens is 344 g/mol. The molecule has 4 heteroatoms. The molecule has 3 nitrogen and oxygen atoms in total. The molecule has 0 saturated carbocycles. The molecule has 1 amide bonds. The van der Waals surface area contributed by atoms with Gasteiger partial charge in [-0.2, -0.15) is 0 Å². The van der Waals surface area contributed by atoms with E-state index in [1.54, 1.807) is 0 Å². The predicted octanol–water partition coefficient (Wildman–Crippen LogP) is 5.97. The summed E-state index contributed by atoms with van der Waals surface area (Å²) in [4.78, 5) is 17.2. The van der Waals surface area contributed by atoms with E-state index in [2.05, 4.69) is 24.1 Å². The Morgan fingerprint density at radius 2 is 1.81 bits per heavy atom. The van der Waals surface area contributed by atoms with E-state index in [0.717, 1.165) is 28.5 Å². The van der Waals surface area contributed by atoms with Crippen molar-refractivity contribution in [3.63, 3.8) is 0 Å². The zero-order valence-electron chi connectivity index (χ0n) is 14.4. The van der Waals surface area contributed by atoms with E-state index >= 15 is 0 Å². The molecule has 0 radical (unpaired) electrons. The summed E-state index contributed by atoms with van der Waals surface area (Å²) < 4.78 is 0. The lowest BCUT2D eigenvalue weighted by Gasteiger charge is -2.12. The van der Waals surface area contributed by atoms with Gasteiger partial charge >= 0.3 is 0 Å². The third-order valence-electron chi connectivity index (χ3n) is 4.11. The van der Waals surface area contributed by atoms with Gasteiger partial charge in [0.15, 0.2) is 0 Å². The molecule has 26 heavy (non-hydrogen) atoms. The van der Waals surface area contributed by atoms with Gasteiger partial charge in [0.1, 0.15) is 5.69 Å². The standard InChI is InChI=1S/C21H21ClN2O.CH4/c1-14(2)11-12-23-21(25)19-13-15-7-3-4-8-16(15)20(24-19)17-9-5-6-10-18(17)22;/h3-10,13-14H,11-12H2,1-2H3,(H,23,25);1H4. The zero-order valence-corrected chi connectivity index (χ0v) is 15.2. The zero-order chi connectivity index (χ0) is 17.8. The number of aromatic nitrogens is 1. The quantitative estimate of drug-likeness (QED) is 0.603. The maximum atomic E-state index is 12.5. The summed E-state index contributed by atoms with van der Waals surface area (Å²) >= 11 is 6.37.